The fourth-order valence-electron chi connectivity index (χ4n) is 1.43. The van der Waals surface area contributed by atoms with Gasteiger partial charge in [-0.2, -0.15) is 15.6 Å². The van der Waals surface area contributed by atoms with Crippen molar-refractivity contribution in [2.45, 2.75) is 0 Å². The predicted molar refractivity (Wildman–Crippen MR) is 60.9 cm³/mol. The number of H-pyrrole nitrogens is 1. The standard InChI is InChI=1S/C11H11N5/c1-16(2)9-5-3-8(4-6-9)11-10(7-12)13-15-14-11/h3-6H,1-2H3,(H,13,14,15). The van der Waals surface area contributed by atoms with Gasteiger partial charge in [-0.05, 0) is 12.1 Å². The number of benzene rings is 1. The first kappa shape index (κ1) is 10.2. The van der Waals surface area contributed by atoms with Crippen LogP contribution in [0.1, 0.15) is 5.69 Å². The maximum atomic E-state index is 8.83. The van der Waals surface area contributed by atoms with Crippen molar-refractivity contribution in [3.05, 3.63) is 30.0 Å². The number of nitrogens with one attached hydrogen (secondary N) is 1. The molecule has 0 aliphatic carbocycles. The number of rotatable bonds is 2. The molecule has 0 unspecified atom stereocenters. The third-order valence-electron chi connectivity index (χ3n) is 2.31. The molecule has 5 heteroatoms. The van der Waals surface area contributed by atoms with Crippen LogP contribution in [-0.4, -0.2) is 29.5 Å². The molecule has 1 heterocycles. The molecule has 80 valence electrons. The first-order chi connectivity index (χ1) is 7.72. The molecule has 1 aromatic carbocycles. The summed E-state index contributed by atoms with van der Waals surface area (Å²) < 4.78 is 0. The summed E-state index contributed by atoms with van der Waals surface area (Å²) in [6.45, 7) is 0. The SMILES string of the molecule is CN(C)c1ccc(-c2n[nH]nc2C#N)cc1. The summed E-state index contributed by atoms with van der Waals surface area (Å²) in [6.07, 6.45) is 0. The van der Waals surface area contributed by atoms with Gasteiger partial charge in [0.25, 0.3) is 0 Å². The Labute approximate surface area is 93.3 Å². The van der Waals surface area contributed by atoms with Crippen molar-refractivity contribution in [3.8, 4) is 17.3 Å². The molecule has 0 atom stereocenters. The second kappa shape index (κ2) is 4.03. The summed E-state index contributed by atoms with van der Waals surface area (Å²) in [7, 11) is 3.96. The molecule has 2 aromatic rings. The molecule has 0 aliphatic rings. The number of aromatic nitrogens is 3. The van der Waals surface area contributed by atoms with E-state index in [1.54, 1.807) is 0 Å². The molecular weight excluding hydrogens is 202 g/mol. The highest BCUT2D eigenvalue weighted by Gasteiger charge is 2.09. The van der Waals surface area contributed by atoms with Gasteiger partial charge in [-0.3, -0.25) is 0 Å². The van der Waals surface area contributed by atoms with Gasteiger partial charge in [-0.25, -0.2) is 0 Å². The monoisotopic (exact) mass is 213 g/mol. The lowest BCUT2D eigenvalue weighted by atomic mass is 10.1. The van der Waals surface area contributed by atoms with Crippen LogP contribution in [0, 0.1) is 11.3 Å². The highest BCUT2D eigenvalue weighted by atomic mass is 15.3. The number of hydrogen-bond acceptors (Lipinski definition) is 4. The van der Waals surface area contributed by atoms with E-state index in [0.29, 0.717) is 11.4 Å². The van der Waals surface area contributed by atoms with Crippen molar-refractivity contribution in [3.63, 3.8) is 0 Å². The maximum absolute atomic E-state index is 8.83. The molecular formula is C11H11N5. The van der Waals surface area contributed by atoms with Crippen molar-refractivity contribution in [2.75, 3.05) is 19.0 Å². The van der Waals surface area contributed by atoms with Crippen LogP contribution in [0.25, 0.3) is 11.3 Å². The maximum Gasteiger partial charge on any atom is 0.190 e. The second-order valence-corrected chi connectivity index (χ2v) is 3.57. The fourth-order valence-corrected chi connectivity index (χ4v) is 1.43. The van der Waals surface area contributed by atoms with Gasteiger partial charge in [0.2, 0.25) is 0 Å². The van der Waals surface area contributed by atoms with Gasteiger partial charge in [-0.15, -0.1) is 5.10 Å². The molecule has 5 nitrogen and oxygen atoms in total. The Hall–Kier alpha value is -2.35. The quantitative estimate of drug-likeness (QED) is 0.818. The summed E-state index contributed by atoms with van der Waals surface area (Å²) in [6, 6.07) is 9.80. The van der Waals surface area contributed by atoms with Crippen LogP contribution in [0.3, 0.4) is 0 Å². The van der Waals surface area contributed by atoms with E-state index in [1.165, 1.54) is 0 Å². The van der Waals surface area contributed by atoms with E-state index in [0.717, 1.165) is 11.3 Å². The Morgan fingerprint density at radius 2 is 1.88 bits per heavy atom. The number of nitriles is 1. The number of hydrogen-bond donors (Lipinski definition) is 1. The molecule has 0 aliphatic heterocycles. The lowest BCUT2D eigenvalue weighted by Gasteiger charge is -2.11. The van der Waals surface area contributed by atoms with Gasteiger partial charge < -0.3 is 4.90 Å². The van der Waals surface area contributed by atoms with Crippen LogP contribution in [0.2, 0.25) is 0 Å². The van der Waals surface area contributed by atoms with E-state index >= 15 is 0 Å². The molecule has 1 aromatic heterocycles. The normalized spacial score (nSPS) is 9.81. The van der Waals surface area contributed by atoms with E-state index in [9.17, 15) is 0 Å². The number of anilines is 1. The smallest absolute Gasteiger partial charge is 0.190 e. The number of aromatic amines is 1. The average molecular weight is 213 g/mol. The zero-order chi connectivity index (χ0) is 11.5. The van der Waals surface area contributed by atoms with E-state index in [4.69, 9.17) is 5.26 Å². The Morgan fingerprint density at radius 3 is 2.44 bits per heavy atom. The van der Waals surface area contributed by atoms with Crippen molar-refractivity contribution >= 4 is 5.69 Å². The lowest BCUT2D eigenvalue weighted by Crippen LogP contribution is -2.07. The Bertz CT molecular complexity index is 518. The minimum atomic E-state index is 0.317. The predicted octanol–water partition coefficient (Wildman–Crippen LogP) is 1.41. The van der Waals surface area contributed by atoms with Gasteiger partial charge in [0.05, 0.1) is 0 Å². The topological polar surface area (TPSA) is 68.6 Å². The third kappa shape index (κ3) is 1.73. The second-order valence-electron chi connectivity index (χ2n) is 3.57. The van der Waals surface area contributed by atoms with Crippen molar-refractivity contribution in [2.24, 2.45) is 0 Å². The van der Waals surface area contributed by atoms with Crippen molar-refractivity contribution in [1.29, 1.82) is 5.26 Å². The average Bonchev–Trinajstić information content (AvgIpc) is 2.77. The molecule has 0 fully saturated rings. The lowest BCUT2D eigenvalue weighted by molar-refractivity contribution is 0.937. The van der Waals surface area contributed by atoms with Gasteiger partial charge >= 0.3 is 0 Å². The third-order valence-corrected chi connectivity index (χ3v) is 2.31. The fraction of sp³-hybridized carbons (Fsp3) is 0.182. The van der Waals surface area contributed by atoms with Gasteiger partial charge in [0, 0.05) is 25.3 Å². The highest BCUT2D eigenvalue weighted by molar-refractivity contribution is 5.66. The molecule has 16 heavy (non-hydrogen) atoms. The molecule has 1 N–H and O–H groups in total. The summed E-state index contributed by atoms with van der Waals surface area (Å²) >= 11 is 0. The van der Waals surface area contributed by atoms with Crippen LogP contribution in [0.4, 0.5) is 5.69 Å². The summed E-state index contributed by atoms with van der Waals surface area (Å²) in [5.74, 6) is 0. The summed E-state index contributed by atoms with van der Waals surface area (Å²) in [5, 5.41) is 19.0. The van der Waals surface area contributed by atoms with Gasteiger partial charge in [0.15, 0.2) is 5.69 Å². The first-order valence-electron chi connectivity index (χ1n) is 4.81. The van der Waals surface area contributed by atoms with Crippen LogP contribution in [0.5, 0.6) is 0 Å². The Balaban J connectivity index is 2.39. The zero-order valence-electron chi connectivity index (χ0n) is 9.10. The van der Waals surface area contributed by atoms with E-state index in [1.807, 2.05) is 49.3 Å². The molecule has 0 spiro atoms. The molecule has 0 amide bonds. The van der Waals surface area contributed by atoms with Gasteiger partial charge in [-0.1, -0.05) is 12.1 Å². The molecule has 2 rings (SSSR count). The van der Waals surface area contributed by atoms with E-state index < -0.39 is 0 Å². The van der Waals surface area contributed by atoms with Crippen LogP contribution >= 0.6 is 0 Å². The van der Waals surface area contributed by atoms with Gasteiger partial charge in [0.1, 0.15) is 11.8 Å². The van der Waals surface area contributed by atoms with Crippen LogP contribution in [0.15, 0.2) is 24.3 Å². The molecule has 0 saturated carbocycles. The largest absolute Gasteiger partial charge is 0.378 e. The van der Waals surface area contributed by atoms with E-state index in [-0.39, 0.29) is 0 Å². The Morgan fingerprint density at radius 1 is 1.19 bits per heavy atom. The molecule has 0 saturated heterocycles. The minimum absolute atomic E-state index is 0.317. The summed E-state index contributed by atoms with van der Waals surface area (Å²) in [5.41, 5.74) is 2.90. The van der Waals surface area contributed by atoms with Crippen molar-refractivity contribution < 1.29 is 0 Å². The van der Waals surface area contributed by atoms with E-state index in [2.05, 4.69) is 15.4 Å². The number of nitrogens with zero attached hydrogens (tertiary/aromatic N) is 4. The molecule has 0 radical (unpaired) electrons. The minimum Gasteiger partial charge on any atom is -0.378 e. The zero-order valence-corrected chi connectivity index (χ0v) is 9.10. The summed E-state index contributed by atoms with van der Waals surface area (Å²) in [4.78, 5) is 2.01. The first-order valence-corrected chi connectivity index (χ1v) is 4.81. The van der Waals surface area contributed by atoms with Crippen LogP contribution in [-0.2, 0) is 0 Å². The highest BCUT2D eigenvalue weighted by Crippen LogP contribution is 2.21. The Kier molecular flexibility index (Phi) is 2.56. The molecule has 0 bridgehead atoms. The van der Waals surface area contributed by atoms with Crippen molar-refractivity contribution in [1.82, 2.24) is 15.4 Å². The van der Waals surface area contributed by atoms with Crippen LogP contribution < -0.4 is 4.90 Å².